The second-order valence-electron chi connectivity index (χ2n) is 8.82. The summed E-state index contributed by atoms with van der Waals surface area (Å²) in [5.74, 6) is -3.71. The van der Waals surface area contributed by atoms with Crippen molar-refractivity contribution < 1.29 is 33.3 Å². The Hall–Kier alpha value is -3.46. The summed E-state index contributed by atoms with van der Waals surface area (Å²) in [6.45, 7) is 9.14. The molecular formula is C22H30N4O8. The Morgan fingerprint density at radius 3 is 2.18 bits per heavy atom. The van der Waals surface area contributed by atoms with Crippen LogP contribution >= 0.6 is 0 Å². The third-order valence-corrected chi connectivity index (χ3v) is 5.02. The first-order chi connectivity index (χ1) is 15.8. The van der Waals surface area contributed by atoms with Gasteiger partial charge in [-0.05, 0) is 6.07 Å². The average molecular weight is 479 g/mol. The highest BCUT2D eigenvalue weighted by Gasteiger charge is 2.62. The molecular weight excluding hydrogens is 448 g/mol. The van der Waals surface area contributed by atoms with Crippen LogP contribution < -0.4 is 11.4 Å². The van der Waals surface area contributed by atoms with Crippen molar-refractivity contribution in [2.24, 2.45) is 17.8 Å². The molecule has 1 saturated heterocycles. The SMILES string of the molecule is CC(C)C(=O)OC[C@H]1O[C@@](C#N)(n2ccc(N)nc2=O)[C@H](OC(=O)C(C)C)[C@@H]1OC(=O)C(C)C. The molecule has 2 N–H and O–H groups in total. The third kappa shape index (κ3) is 5.53. The van der Waals surface area contributed by atoms with Crippen molar-refractivity contribution in [1.82, 2.24) is 9.55 Å². The molecule has 4 atom stereocenters. The van der Waals surface area contributed by atoms with Gasteiger partial charge in [0.15, 0.2) is 6.10 Å². The number of aromatic nitrogens is 2. The molecule has 0 spiro atoms. The van der Waals surface area contributed by atoms with E-state index >= 15 is 0 Å². The number of nitrogens with zero attached hydrogens (tertiary/aromatic N) is 3. The van der Waals surface area contributed by atoms with E-state index in [1.807, 2.05) is 6.07 Å². The van der Waals surface area contributed by atoms with Gasteiger partial charge in [0.1, 0.15) is 24.6 Å². The van der Waals surface area contributed by atoms with Gasteiger partial charge in [0.05, 0.1) is 17.8 Å². The Morgan fingerprint density at radius 1 is 1.12 bits per heavy atom. The fourth-order valence-electron chi connectivity index (χ4n) is 3.07. The molecule has 186 valence electrons. The van der Waals surface area contributed by atoms with Gasteiger partial charge in [-0.15, -0.1) is 0 Å². The van der Waals surface area contributed by atoms with Crippen molar-refractivity contribution in [3.63, 3.8) is 0 Å². The number of nitrogen functional groups attached to an aromatic ring is 1. The normalized spacial score (nSPS) is 24.2. The maximum absolute atomic E-state index is 12.7. The van der Waals surface area contributed by atoms with Crippen molar-refractivity contribution in [3.8, 4) is 6.07 Å². The van der Waals surface area contributed by atoms with E-state index in [1.54, 1.807) is 41.5 Å². The summed E-state index contributed by atoms with van der Waals surface area (Å²) in [4.78, 5) is 53.4. The van der Waals surface area contributed by atoms with Crippen molar-refractivity contribution >= 4 is 23.7 Å². The molecule has 34 heavy (non-hydrogen) atoms. The van der Waals surface area contributed by atoms with Gasteiger partial charge in [-0.1, -0.05) is 41.5 Å². The van der Waals surface area contributed by atoms with E-state index in [-0.39, 0.29) is 5.82 Å². The number of rotatable bonds is 8. The van der Waals surface area contributed by atoms with Crippen LogP contribution in [-0.4, -0.2) is 52.4 Å². The average Bonchev–Trinajstić information content (AvgIpc) is 3.04. The van der Waals surface area contributed by atoms with E-state index in [0.717, 1.165) is 10.8 Å². The summed E-state index contributed by atoms with van der Waals surface area (Å²) in [6, 6.07) is 3.13. The van der Waals surface area contributed by atoms with Gasteiger partial charge in [0.25, 0.3) is 5.72 Å². The molecule has 2 heterocycles. The number of hydrogen-bond donors (Lipinski definition) is 1. The second-order valence-corrected chi connectivity index (χ2v) is 8.82. The highest BCUT2D eigenvalue weighted by Crippen LogP contribution is 2.39. The molecule has 0 amide bonds. The van der Waals surface area contributed by atoms with Crippen molar-refractivity contribution in [1.29, 1.82) is 5.26 Å². The number of anilines is 1. The Labute approximate surface area is 196 Å². The summed E-state index contributed by atoms with van der Waals surface area (Å²) in [7, 11) is 0. The van der Waals surface area contributed by atoms with Gasteiger partial charge >= 0.3 is 23.6 Å². The van der Waals surface area contributed by atoms with Gasteiger partial charge in [0.2, 0.25) is 6.10 Å². The summed E-state index contributed by atoms with van der Waals surface area (Å²) >= 11 is 0. The maximum atomic E-state index is 12.7. The predicted octanol–water partition coefficient (Wildman–Crippen LogP) is 0.735. The zero-order valence-corrected chi connectivity index (χ0v) is 20.0. The highest BCUT2D eigenvalue weighted by molar-refractivity contribution is 5.73. The molecule has 0 aliphatic carbocycles. The summed E-state index contributed by atoms with van der Waals surface area (Å²) in [5.41, 5.74) is 2.33. The number of hydrogen-bond acceptors (Lipinski definition) is 11. The number of nitrogens with two attached hydrogens (primary N) is 1. The van der Waals surface area contributed by atoms with Gasteiger partial charge in [-0.2, -0.15) is 10.2 Å². The lowest BCUT2D eigenvalue weighted by atomic mass is 10.0. The molecule has 0 aromatic carbocycles. The zero-order valence-electron chi connectivity index (χ0n) is 20.0. The summed E-state index contributed by atoms with van der Waals surface area (Å²) in [5, 5.41) is 10.2. The van der Waals surface area contributed by atoms with Gasteiger partial charge < -0.3 is 24.7 Å². The van der Waals surface area contributed by atoms with E-state index in [0.29, 0.717) is 0 Å². The molecule has 0 saturated carbocycles. The number of carbonyl (C=O) groups is 3. The molecule has 1 aliphatic rings. The molecule has 2 rings (SSSR count). The van der Waals surface area contributed by atoms with Crippen molar-refractivity contribution in [3.05, 3.63) is 22.7 Å². The maximum Gasteiger partial charge on any atom is 0.352 e. The first-order valence-corrected chi connectivity index (χ1v) is 10.9. The topological polar surface area (TPSA) is 173 Å². The van der Waals surface area contributed by atoms with Crippen molar-refractivity contribution in [2.45, 2.75) is 65.6 Å². The van der Waals surface area contributed by atoms with E-state index in [9.17, 15) is 24.4 Å². The van der Waals surface area contributed by atoms with Crippen LogP contribution in [-0.2, 0) is 39.1 Å². The second kappa shape index (κ2) is 10.6. The smallest absolute Gasteiger partial charge is 0.352 e. The molecule has 0 radical (unpaired) electrons. The minimum absolute atomic E-state index is 0.103. The summed E-state index contributed by atoms with van der Waals surface area (Å²) < 4.78 is 23.1. The van der Waals surface area contributed by atoms with Crippen LogP contribution in [0.3, 0.4) is 0 Å². The minimum atomic E-state index is -2.28. The lowest BCUT2D eigenvalue weighted by Gasteiger charge is -2.30. The number of ether oxygens (including phenoxy) is 4. The Morgan fingerprint density at radius 2 is 1.68 bits per heavy atom. The van der Waals surface area contributed by atoms with E-state index < -0.39 is 72.0 Å². The van der Waals surface area contributed by atoms with Crippen LogP contribution in [0.5, 0.6) is 0 Å². The van der Waals surface area contributed by atoms with Crippen LogP contribution in [0.15, 0.2) is 17.1 Å². The molecule has 0 unspecified atom stereocenters. The van der Waals surface area contributed by atoms with Crippen LogP contribution in [0.4, 0.5) is 5.82 Å². The lowest BCUT2D eigenvalue weighted by Crippen LogP contribution is -2.52. The molecule has 12 nitrogen and oxygen atoms in total. The van der Waals surface area contributed by atoms with E-state index in [4.69, 9.17) is 24.7 Å². The Kier molecular flexibility index (Phi) is 8.39. The van der Waals surface area contributed by atoms with Crippen LogP contribution in [0, 0.1) is 29.1 Å². The molecule has 0 bridgehead atoms. The van der Waals surface area contributed by atoms with E-state index in [2.05, 4.69) is 4.98 Å². The minimum Gasteiger partial charge on any atom is -0.463 e. The Bertz CT molecular complexity index is 1030. The third-order valence-electron chi connectivity index (χ3n) is 5.02. The zero-order chi connectivity index (χ0) is 25.8. The summed E-state index contributed by atoms with van der Waals surface area (Å²) in [6.07, 6.45) is -3.03. The first kappa shape index (κ1) is 26.8. The first-order valence-electron chi connectivity index (χ1n) is 10.9. The standard InChI is InChI=1S/C22H30N4O8/c1-11(2)18(27)31-9-14-16(32-19(28)12(3)4)17(33-20(29)13(5)6)22(10-23,34-14)26-8-7-15(24)25-21(26)30/h7-8,11-14,16-17H,9H2,1-6H3,(H2,24,25,30)/t14-,16-,17-,22-/m1/s1. The van der Waals surface area contributed by atoms with Crippen molar-refractivity contribution in [2.75, 3.05) is 12.3 Å². The fourth-order valence-corrected chi connectivity index (χ4v) is 3.07. The highest BCUT2D eigenvalue weighted by atomic mass is 16.7. The lowest BCUT2D eigenvalue weighted by molar-refractivity contribution is -0.177. The van der Waals surface area contributed by atoms with E-state index in [1.165, 1.54) is 6.07 Å². The Balaban J connectivity index is 2.64. The quantitative estimate of drug-likeness (QED) is 0.412. The molecule has 1 aromatic rings. The van der Waals surface area contributed by atoms with Gasteiger partial charge in [-0.3, -0.25) is 19.0 Å². The number of nitriles is 1. The van der Waals surface area contributed by atoms with Crippen LogP contribution in [0.2, 0.25) is 0 Å². The largest absolute Gasteiger partial charge is 0.463 e. The van der Waals surface area contributed by atoms with Crippen LogP contribution in [0.25, 0.3) is 0 Å². The molecule has 1 fully saturated rings. The van der Waals surface area contributed by atoms with Gasteiger partial charge in [-0.25, -0.2) is 4.79 Å². The van der Waals surface area contributed by atoms with Crippen LogP contribution in [0.1, 0.15) is 41.5 Å². The predicted molar refractivity (Wildman–Crippen MR) is 117 cm³/mol. The monoisotopic (exact) mass is 478 g/mol. The number of esters is 3. The number of carbonyl (C=O) groups excluding carboxylic acids is 3. The molecule has 1 aliphatic heterocycles. The van der Waals surface area contributed by atoms with Gasteiger partial charge in [0, 0.05) is 6.20 Å². The molecule has 1 aromatic heterocycles. The molecule has 12 heteroatoms. The fraction of sp³-hybridized carbons (Fsp3) is 0.636.